The summed E-state index contributed by atoms with van der Waals surface area (Å²) >= 11 is 0. The van der Waals surface area contributed by atoms with Crippen molar-refractivity contribution < 1.29 is 22.5 Å². The normalized spacial score (nSPS) is 15.9. The Bertz CT molecular complexity index is 957. The van der Waals surface area contributed by atoms with E-state index in [1.165, 1.54) is 4.31 Å². The molecule has 9 heteroatoms. The fourth-order valence-corrected chi connectivity index (χ4v) is 5.60. The first-order valence-corrected chi connectivity index (χ1v) is 11.6. The molecule has 0 saturated carbocycles. The van der Waals surface area contributed by atoms with Crippen molar-refractivity contribution in [3.05, 3.63) is 41.3 Å². The number of rotatable bonds is 7. The highest BCUT2D eigenvalue weighted by atomic mass is 32.2. The van der Waals surface area contributed by atoms with E-state index < -0.39 is 10.0 Å². The highest BCUT2D eigenvalue weighted by Crippen LogP contribution is 2.28. The van der Waals surface area contributed by atoms with Gasteiger partial charge in [-0.3, -0.25) is 4.79 Å². The molecular formula is C21H29N3O5S. The molecule has 0 unspecified atom stereocenters. The van der Waals surface area contributed by atoms with E-state index in [1.807, 2.05) is 31.2 Å². The third kappa shape index (κ3) is 4.67. The number of hydrogen-bond acceptors (Lipinski definition) is 6. The first-order valence-electron chi connectivity index (χ1n) is 10.1. The van der Waals surface area contributed by atoms with Gasteiger partial charge in [-0.15, -0.1) is 0 Å². The van der Waals surface area contributed by atoms with Crippen LogP contribution in [0.5, 0.6) is 5.75 Å². The fraction of sp³-hybridized carbons (Fsp3) is 0.524. The highest BCUT2D eigenvalue weighted by Gasteiger charge is 2.36. The number of aromatic nitrogens is 1. The number of nitrogens with zero attached hydrogens (tertiary/aromatic N) is 3. The molecule has 1 fully saturated rings. The summed E-state index contributed by atoms with van der Waals surface area (Å²) in [6, 6.07) is 7.70. The molecule has 1 aliphatic heterocycles. The number of carbonyl (C=O) groups is 1. The third-order valence-electron chi connectivity index (χ3n) is 5.40. The van der Waals surface area contributed by atoms with Gasteiger partial charge < -0.3 is 14.2 Å². The van der Waals surface area contributed by atoms with Gasteiger partial charge in [0, 0.05) is 32.6 Å². The van der Waals surface area contributed by atoms with Crippen LogP contribution in [0.2, 0.25) is 0 Å². The lowest BCUT2D eigenvalue weighted by Gasteiger charge is -2.32. The first kappa shape index (κ1) is 22.3. The van der Waals surface area contributed by atoms with E-state index in [4.69, 9.17) is 9.26 Å². The van der Waals surface area contributed by atoms with Gasteiger partial charge in [0.15, 0.2) is 5.76 Å². The van der Waals surface area contributed by atoms with Gasteiger partial charge in [0.1, 0.15) is 16.3 Å². The third-order valence-corrected chi connectivity index (χ3v) is 7.54. The maximum absolute atomic E-state index is 12.9. The number of sulfonamides is 1. The maximum atomic E-state index is 12.9. The van der Waals surface area contributed by atoms with Crippen molar-refractivity contribution in [2.75, 3.05) is 26.7 Å². The second-order valence-electron chi connectivity index (χ2n) is 7.60. The minimum Gasteiger partial charge on any atom is -0.494 e. The Labute approximate surface area is 177 Å². The van der Waals surface area contributed by atoms with Gasteiger partial charge in [-0.25, -0.2) is 8.42 Å². The van der Waals surface area contributed by atoms with E-state index in [-0.39, 0.29) is 16.7 Å². The van der Waals surface area contributed by atoms with Crippen LogP contribution in [0.15, 0.2) is 33.7 Å². The summed E-state index contributed by atoms with van der Waals surface area (Å²) in [5, 5.41) is 3.75. The molecule has 8 nitrogen and oxygen atoms in total. The van der Waals surface area contributed by atoms with E-state index in [2.05, 4.69) is 5.16 Å². The molecule has 1 amide bonds. The van der Waals surface area contributed by atoms with Gasteiger partial charge in [-0.1, -0.05) is 17.3 Å². The molecule has 1 saturated heterocycles. The number of carbonyl (C=O) groups excluding carboxylic acids is 1. The lowest BCUT2D eigenvalue weighted by atomic mass is 9.96. The molecule has 0 aliphatic carbocycles. The molecule has 0 atom stereocenters. The zero-order valence-corrected chi connectivity index (χ0v) is 18.7. The van der Waals surface area contributed by atoms with Crippen LogP contribution in [-0.4, -0.2) is 55.4 Å². The predicted octanol–water partition coefficient (Wildman–Crippen LogP) is 2.75. The van der Waals surface area contributed by atoms with Crippen LogP contribution in [-0.2, 0) is 21.4 Å². The summed E-state index contributed by atoms with van der Waals surface area (Å²) in [5.41, 5.74) is 1.38. The molecule has 1 aromatic heterocycles. The summed E-state index contributed by atoms with van der Waals surface area (Å²) in [7, 11) is -1.88. The molecule has 30 heavy (non-hydrogen) atoms. The number of aryl methyl sites for hydroxylation is 2. The number of hydrogen-bond donors (Lipinski definition) is 0. The minimum atomic E-state index is -3.67. The molecule has 2 aromatic rings. The summed E-state index contributed by atoms with van der Waals surface area (Å²) in [5.74, 6) is 0.954. The average Bonchev–Trinajstić information content (AvgIpc) is 3.08. The Balaban J connectivity index is 1.58. The van der Waals surface area contributed by atoms with Gasteiger partial charge in [0.2, 0.25) is 15.9 Å². The molecule has 0 spiro atoms. The monoisotopic (exact) mass is 435 g/mol. The van der Waals surface area contributed by atoms with Crippen LogP contribution < -0.4 is 4.74 Å². The number of amides is 1. The van der Waals surface area contributed by atoms with Crippen LogP contribution in [0.25, 0.3) is 0 Å². The Hall–Kier alpha value is -2.39. The van der Waals surface area contributed by atoms with E-state index >= 15 is 0 Å². The van der Waals surface area contributed by atoms with E-state index in [9.17, 15) is 13.2 Å². The Morgan fingerprint density at radius 3 is 2.40 bits per heavy atom. The van der Waals surface area contributed by atoms with Crippen molar-refractivity contribution in [2.24, 2.45) is 5.92 Å². The van der Waals surface area contributed by atoms with Crippen molar-refractivity contribution in [2.45, 2.75) is 45.1 Å². The molecule has 0 N–H and O–H groups in total. The second-order valence-corrected chi connectivity index (χ2v) is 9.48. The zero-order chi connectivity index (χ0) is 21.9. The van der Waals surface area contributed by atoms with Crippen LogP contribution in [0.1, 0.15) is 36.8 Å². The summed E-state index contributed by atoms with van der Waals surface area (Å²) < 4.78 is 37.8. The lowest BCUT2D eigenvalue weighted by molar-refractivity contribution is -0.135. The standard InChI is InChI=1S/C21H29N3O5S/c1-5-28-19-8-6-17(7-9-19)14-23(4)21(25)18-10-12-24(13-11-18)30(26,27)20-15(2)22-29-16(20)3/h6-9,18H,5,10-14H2,1-4H3. The van der Waals surface area contributed by atoms with E-state index in [1.54, 1.807) is 25.8 Å². The Kier molecular flexibility index (Phi) is 6.82. The molecule has 2 heterocycles. The average molecular weight is 436 g/mol. The maximum Gasteiger partial charge on any atom is 0.248 e. The van der Waals surface area contributed by atoms with Crippen molar-refractivity contribution in [3.8, 4) is 5.75 Å². The highest BCUT2D eigenvalue weighted by molar-refractivity contribution is 7.89. The number of benzene rings is 1. The van der Waals surface area contributed by atoms with E-state index in [0.29, 0.717) is 50.5 Å². The van der Waals surface area contributed by atoms with Crippen molar-refractivity contribution in [1.29, 1.82) is 0 Å². The van der Waals surface area contributed by atoms with Gasteiger partial charge in [-0.2, -0.15) is 4.31 Å². The van der Waals surface area contributed by atoms with Gasteiger partial charge >= 0.3 is 0 Å². The summed E-state index contributed by atoms with van der Waals surface area (Å²) in [4.78, 5) is 14.7. The predicted molar refractivity (Wildman–Crippen MR) is 112 cm³/mol. The molecule has 0 bridgehead atoms. The van der Waals surface area contributed by atoms with Crippen molar-refractivity contribution in [1.82, 2.24) is 14.4 Å². The fourth-order valence-electron chi connectivity index (χ4n) is 3.84. The molecule has 164 valence electrons. The molecular weight excluding hydrogens is 406 g/mol. The first-order chi connectivity index (χ1) is 14.2. The SMILES string of the molecule is CCOc1ccc(CN(C)C(=O)C2CCN(S(=O)(=O)c3c(C)noc3C)CC2)cc1. The second kappa shape index (κ2) is 9.18. The topological polar surface area (TPSA) is 93.0 Å². The van der Waals surface area contributed by atoms with Crippen LogP contribution in [0.4, 0.5) is 0 Å². The lowest BCUT2D eigenvalue weighted by Crippen LogP contribution is -2.43. The smallest absolute Gasteiger partial charge is 0.248 e. The van der Waals surface area contributed by atoms with Crippen LogP contribution >= 0.6 is 0 Å². The number of piperidine rings is 1. The number of ether oxygens (including phenoxy) is 1. The Morgan fingerprint density at radius 1 is 1.23 bits per heavy atom. The van der Waals surface area contributed by atoms with Gasteiger partial charge in [-0.05, 0) is 51.3 Å². The van der Waals surface area contributed by atoms with Crippen molar-refractivity contribution >= 4 is 15.9 Å². The molecule has 1 aromatic carbocycles. The van der Waals surface area contributed by atoms with Crippen LogP contribution in [0, 0.1) is 19.8 Å². The molecule has 3 rings (SSSR count). The van der Waals surface area contributed by atoms with Gasteiger partial charge in [0.05, 0.1) is 6.61 Å². The van der Waals surface area contributed by atoms with Crippen molar-refractivity contribution in [3.63, 3.8) is 0 Å². The largest absolute Gasteiger partial charge is 0.494 e. The zero-order valence-electron chi connectivity index (χ0n) is 17.9. The quantitative estimate of drug-likeness (QED) is 0.664. The van der Waals surface area contributed by atoms with Gasteiger partial charge in [0.25, 0.3) is 0 Å². The Morgan fingerprint density at radius 2 is 1.87 bits per heavy atom. The summed E-state index contributed by atoms with van der Waals surface area (Å²) in [6.07, 6.45) is 0.990. The molecule has 1 aliphatic rings. The minimum absolute atomic E-state index is 0.0401. The molecule has 0 radical (unpaired) electrons. The summed E-state index contributed by atoms with van der Waals surface area (Å²) in [6.45, 7) is 6.88. The van der Waals surface area contributed by atoms with Crippen LogP contribution in [0.3, 0.4) is 0 Å². The van der Waals surface area contributed by atoms with E-state index in [0.717, 1.165) is 11.3 Å².